The Morgan fingerprint density at radius 2 is 1.93 bits per heavy atom. The molecule has 0 fully saturated rings. The normalized spacial score (nSPS) is 11.8. The number of halogens is 1. The Labute approximate surface area is 166 Å². The fraction of sp³-hybridized carbons (Fsp3) is 0.211. The fourth-order valence-electron chi connectivity index (χ4n) is 2.27. The Bertz CT molecular complexity index is 871. The van der Waals surface area contributed by atoms with E-state index >= 15 is 0 Å². The Kier molecular flexibility index (Phi) is 6.73. The molecule has 27 heavy (non-hydrogen) atoms. The zero-order valence-electron chi connectivity index (χ0n) is 14.6. The van der Waals surface area contributed by atoms with Crippen molar-refractivity contribution in [3.63, 3.8) is 0 Å². The van der Waals surface area contributed by atoms with Crippen LogP contribution in [0.15, 0.2) is 64.2 Å². The largest absolute Gasteiger partial charge is 0.484 e. The molecule has 2 aromatic carbocycles. The van der Waals surface area contributed by atoms with E-state index in [1.807, 2.05) is 37.3 Å². The first-order valence-corrected chi connectivity index (χ1v) is 9.64. The van der Waals surface area contributed by atoms with Crippen LogP contribution in [0.25, 0.3) is 0 Å². The maximum Gasteiger partial charge on any atom is 0.277 e. The Morgan fingerprint density at radius 3 is 2.67 bits per heavy atom. The molecule has 0 aliphatic heterocycles. The van der Waals surface area contributed by atoms with Crippen molar-refractivity contribution in [2.45, 2.75) is 24.8 Å². The van der Waals surface area contributed by atoms with E-state index in [-0.39, 0.29) is 24.3 Å². The van der Waals surface area contributed by atoms with E-state index < -0.39 is 0 Å². The zero-order valence-corrected chi connectivity index (χ0v) is 16.2. The van der Waals surface area contributed by atoms with Gasteiger partial charge in [0.05, 0.1) is 11.8 Å². The van der Waals surface area contributed by atoms with Gasteiger partial charge < -0.3 is 14.5 Å². The third-order valence-electron chi connectivity index (χ3n) is 3.63. The second-order valence-electron chi connectivity index (χ2n) is 5.69. The van der Waals surface area contributed by atoms with Crippen molar-refractivity contribution in [1.29, 1.82) is 0 Å². The van der Waals surface area contributed by atoms with Gasteiger partial charge >= 0.3 is 0 Å². The lowest BCUT2D eigenvalue weighted by atomic mass is 10.1. The molecule has 8 heteroatoms. The van der Waals surface area contributed by atoms with Crippen LogP contribution in [-0.2, 0) is 11.4 Å². The highest BCUT2D eigenvalue weighted by atomic mass is 35.5. The molecule has 0 bridgehead atoms. The molecule has 0 saturated carbocycles. The van der Waals surface area contributed by atoms with E-state index in [0.29, 0.717) is 21.9 Å². The molecule has 0 saturated heterocycles. The summed E-state index contributed by atoms with van der Waals surface area (Å²) >= 11 is 7.01. The molecule has 1 N–H and O–H groups in total. The number of carbonyl (C=O) groups excluding carboxylic acids is 1. The molecule has 0 radical (unpaired) electrons. The first kappa shape index (κ1) is 19.3. The highest BCUT2D eigenvalue weighted by molar-refractivity contribution is 7.99. The summed E-state index contributed by atoms with van der Waals surface area (Å²) in [5.41, 5.74) is 1.05. The first-order chi connectivity index (χ1) is 13.1. The number of thioether (sulfide) groups is 1. The van der Waals surface area contributed by atoms with Crippen LogP contribution in [0.1, 0.15) is 24.4 Å². The fourth-order valence-corrected chi connectivity index (χ4v) is 2.98. The molecule has 1 heterocycles. The van der Waals surface area contributed by atoms with Gasteiger partial charge in [-0.3, -0.25) is 4.79 Å². The molecule has 1 amide bonds. The number of nitrogens with one attached hydrogen (secondary N) is 1. The highest BCUT2D eigenvalue weighted by Crippen LogP contribution is 2.19. The third kappa shape index (κ3) is 6.01. The second kappa shape index (κ2) is 9.43. The van der Waals surface area contributed by atoms with Crippen LogP contribution in [0.2, 0.25) is 5.02 Å². The van der Waals surface area contributed by atoms with Crippen molar-refractivity contribution in [3.05, 3.63) is 71.1 Å². The predicted molar refractivity (Wildman–Crippen MR) is 104 cm³/mol. The van der Waals surface area contributed by atoms with Gasteiger partial charge in [-0.05, 0) is 36.8 Å². The highest BCUT2D eigenvalue weighted by Gasteiger charge is 2.13. The molecule has 3 rings (SSSR count). The van der Waals surface area contributed by atoms with E-state index in [4.69, 9.17) is 20.8 Å². The number of ether oxygens (including phenoxy) is 1. The smallest absolute Gasteiger partial charge is 0.277 e. The Balaban J connectivity index is 1.43. The molecule has 1 atom stereocenters. The summed E-state index contributed by atoms with van der Waals surface area (Å²) in [7, 11) is 0. The van der Waals surface area contributed by atoms with Gasteiger partial charge in [-0.25, -0.2) is 0 Å². The minimum Gasteiger partial charge on any atom is -0.484 e. The van der Waals surface area contributed by atoms with Crippen LogP contribution in [0, 0.1) is 0 Å². The van der Waals surface area contributed by atoms with Gasteiger partial charge in [0.2, 0.25) is 5.91 Å². The van der Waals surface area contributed by atoms with Gasteiger partial charge in [-0.1, -0.05) is 53.7 Å². The summed E-state index contributed by atoms with van der Waals surface area (Å²) in [6.07, 6.45) is 0. The summed E-state index contributed by atoms with van der Waals surface area (Å²) in [5.74, 6) is 1.08. The summed E-state index contributed by atoms with van der Waals surface area (Å²) in [5, 5.41) is 11.7. The van der Waals surface area contributed by atoms with Crippen molar-refractivity contribution < 1.29 is 13.9 Å². The molecule has 0 aliphatic carbocycles. The van der Waals surface area contributed by atoms with Crippen LogP contribution in [0.4, 0.5) is 0 Å². The average Bonchev–Trinajstić information content (AvgIpc) is 3.14. The lowest BCUT2D eigenvalue weighted by Crippen LogP contribution is -2.28. The number of hydrogen-bond donors (Lipinski definition) is 1. The van der Waals surface area contributed by atoms with Gasteiger partial charge in [0, 0.05) is 5.02 Å². The number of benzene rings is 2. The van der Waals surface area contributed by atoms with Gasteiger partial charge in [0.1, 0.15) is 5.75 Å². The lowest BCUT2D eigenvalue weighted by Gasteiger charge is -2.13. The van der Waals surface area contributed by atoms with Crippen LogP contribution >= 0.6 is 23.4 Å². The maximum atomic E-state index is 12.1. The number of nitrogens with zero attached hydrogens (tertiary/aromatic N) is 2. The topological polar surface area (TPSA) is 77.2 Å². The number of amides is 1. The molecule has 140 valence electrons. The molecule has 1 aromatic heterocycles. The van der Waals surface area contributed by atoms with Gasteiger partial charge in [0.15, 0.2) is 6.61 Å². The van der Waals surface area contributed by atoms with E-state index in [9.17, 15) is 4.79 Å². The average molecular weight is 404 g/mol. The number of hydrogen-bond acceptors (Lipinski definition) is 6. The zero-order chi connectivity index (χ0) is 19.1. The van der Waals surface area contributed by atoms with Crippen LogP contribution in [-0.4, -0.2) is 21.9 Å². The third-order valence-corrected chi connectivity index (χ3v) is 4.70. The Hall–Kier alpha value is -2.51. The molecule has 3 aromatic rings. The summed E-state index contributed by atoms with van der Waals surface area (Å²) in [4.78, 5) is 12.1. The molecule has 6 nitrogen and oxygen atoms in total. The molecular formula is C19H18ClN3O3S. The standard InChI is InChI=1S/C19H18ClN3O3S/c1-13(14-5-3-2-4-6-14)21-17(24)12-27-19-23-22-18(26-19)11-25-16-9-7-15(20)8-10-16/h2-10,13H,11-12H2,1H3,(H,21,24). The monoisotopic (exact) mass is 403 g/mol. The number of aromatic nitrogens is 2. The van der Waals surface area contributed by atoms with Crippen LogP contribution in [0.5, 0.6) is 5.75 Å². The first-order valence-electron chi connectivity index (χ1n) is 8.28. The second-order valence-corrected chi connectivity index (χ2v) is 7.06. The minimum atomic E-state index is -0.103. The van der Waals surface area contributed by atoms with Gasteiger partial charge in [0.25, 0.3) is 11.1 Å². The quantitative estimate of drug-likeness (QED) is 0.566. The van der Waals surface area contributed by atoms with Crippen molar-refractivity contribution in [2.24, 2.45) is 0 Å². The van der Waals surface area contributed by atoms with Gasteiger partial charge in [-0.2, -0.15) is 0 Å². The van der Waals surface area contributed by atoms with E-state index in [0.717, 1.165) is 5.56 Å². The SMILES string of the molecule is CC(NC(=O)CSc1nnc(COc2ccc(Cl)cc2)o1)c1ccccc1. The van der Waals surface area contributed by atoms with Crippen molar-refractivity contribution in [1.82, 2.24) is 15.5 Å². The number of rotatable bonds is 8. The maximum absolute atomic E-state index is 12.1. The van der Waals surface area contributed by atoms with E-state index in [1.54, 1.807) is 24.3 Å². The van der Waals surface area contributed by atoms with Gasteiger partial charge in [-0.15, -0.1) is 10.2 Å². The summed E-state index contributed by atoms with van der Waals surface area (Å²) in [6, 6.07) is 16.7. The molecular weight excluding hydrogens is 386 g/mol. The molecule has 1 unspecified atom stereocenters. The van der Waals surface area contributed by atoms with Crippen molar-refractivity contribution in [2.75, 3.05) is 5.75 Å². The van der Waals surface area contributed by atoms with E-state index in [1.165, 1.54) is 11.8 Å². The predicted octanol–water partition coefficient (Wildman–Crippen LogP) is 4.27. The molecule has 0 spiro atoms. The van der Waals surface area contributed by atoms with Crippen molar-refractivity contribution in [3.8, 4) is 5.75 Å². The molecule has 0 aliphatic rings. The number of carbonyl (C=O) groups is 1. The Morgan fingerprint density at radius 1 is 1.19 bits per heavy atom. The van der Waals surface area contributed by atoms with Crippen LogP contribution in [0.3, 0.4) is 0 Å². The lowest BCUT2D eigenvalue weighted by molar-refractivity contribution is -0.119. The van der Waals surface area contributed by atoms with E-state index in [2.05, 4.69) is 15.5 Å². The van der Waals surface area contributed by atoms with Crippen LogP contribution < -0.4 is 10.1 Å². The summed E-state index contributed by atoms with van der Waals surface area (Å²) in [6.45, 7) is 2.09. The van der Waals surface area contributed by atoms with Crippen molar-refractivity contribution >= 4 is 29.3 Å². The minimum absolute atomic E-state index is 0.0645. The summed E-state index contributed by atoms with van der Waals surface area (Å²) < 4.78 is 11.0.